The molecule has 0 spiro atoms. The van der Waals surface area contributed by atoms with Crippen molar-refractivity contribution < 1.29 is 4.79 Å². The average molecular weight is 195 g/mol. The smallest absolute Gasteiger partial charge is 0.161 e. The lowest BCUT2D eigenvalue weighted by molar-refractivity contribution is 0.101. The Labute approximate surface area is 80.7 Å². The molecule has 0 atom stereocenters. The highest BCUT2D eigenvalue weighted by atomic mass is 35.5. The lowest BCUT2D eigenvalue weighted by Gasteiger charge is -2.03. The van der Waals surface area contributed by atoms with Crippen LogP contribution in [0.3, 0.4) is 0 Å². The highest BCUT2D eigenvalue weighted by Gasteiger charge is 2.09. The molecule has 1 aromatic carbocycles. The van der Waals surface area contributed by atoms with Gasteiger partial charge in [-0.15, -0.1) is 0 Å². The second kappa shape index (κ2) is 3.46. The highest BCUT2D eigenvalue weighted by Crippen LogP contribution is 2.24. The lowest BCUT2D eigenvalue weighted by atomic mass is 10.1. The standard InChI is InChI=1S/C9H7ClN2O/c1-5(13)7-2-6(4-11)3-8(10)9(7)12/h2-3H,12H2,1H3. The monoisotopic (exact) mass is 194 g/mol. The van der Waals surface area contributed by atoms with Gasteiger partial charge in [0.05, 0.1) is 22.3 Å². The fourth-order valence-corrected chi connectivity index (χ4v) is 1.19. The van der Waals surface area contributed by atoms with Gasteiger partial charge in [-0.2, -0.15) is 5.26 Å². The van der Waals surface area contributed by atoms with Crippen LogP contribution in [0.1, 0.15) is 22.8 Å². The van der Waals surface area contributed by atoms with Crippen LogP contribution >= 0.6 is 11.6 Å². The van der Waals surface area contributed by atoms with Gasteiger partial charge in [-0.05, 0) is 19.1 Å². The molecular weight excluding hydrogens is 188 g/mol. The van der Waals surface area contributed by atoms with E-state index < -0.39 is 0 Å². The molecule has 0 aromatic heterocycles. The van der Waals surface area contributed by atoms with Crippen molar-refractivity contribution in [1.29, 1.82) is 5.26 Å². The van der Waals surface area contributed by atoms with E-state index in [-0.39, 0.29) is 16.5 Å². The Hall–Kier alpha value is -1.53. The number of hydrogen-bond donors (Lipinski definition) is 1. The molecule has 0 bridgehead atoms. The van der Waals surface area contributed by atoms with Crippen molar-refractivity contribution in [2.45, 2.75) is 6.92 Å². The van der Waals surface area contributed by atoms with Crippen molar-refractivity contribution in [1.82, 2.24) is 0 Å². The van der Waals surface area contributed by atoms with Crippen molar-refractivity contribution in [3.05, 3.63) is 28.3 Å². The van der Waals surface area contributed by atoms with Crippen molar-refractivity contribution in [2.24, 2.45) is 0 Å². The van der Waals surface area contributed by atoms with Crippen LogP contribution in [0.2, 0.25) is 5.02 Å². The van der Waals surface area contributed by atoms with Gasteiger partial charge in [0.1, 0.15) is 0 Å². The third-order valence-electron chi connectivity index (χ3n) is 1.64. The summed E-state index contributed by atoms with van der Waals surface area (Å²) in [5, 5.41) is 8.84. The molecule has 1 aromatic rings. The molecule has 0 aliphatic carbocycles. The summed E-state index contributed by atoms with van der Waals surface area (Å²) in [6.45, 7) is 1.38. The second-order valence-corrected chi connectivity index (χ2v) is 2.99. The fraction of sp³-hybridized carbons (Fsp3) is 0.111. The van der Waals surface area contributed by atoms with E-state index in [1.54, 1.807) is 0 Å². The number of carbonyl (C=O) groups excluding carboxylic acids is 1. The van der Waals surface area contributed by atoms with E-state index in [0.717, 1.165) is 0 Å². The number of nitriles is 1. The molecule has 0 heterocycles. The summed E-state index contributed by atoms with van der Waals surface area (Å²) in [7, 11) is 0. The van der Waals surface area contributed by atoms with Gasteiger partial charge >= 0.3 is 0 Å². The van der Waals surface area contributed by atoms with Crippen molar-refractivity contribution in [3.8, 4) is 6.07 Å². The summed E-state index contributed by atoms with van der Waals surface area (Å²) in [6.07, 6.45) is 0. The van der Waals surface area contributed by atoms with Crippen molar-refractivity contribution >= 4 is 23.1 Å². The summed E-state index contributed by atoms with van der Waals surface area (Å²) in [4.78, 5) is 11.0. The number of hydrogen-bond acceptors (Lipinski definition) is 3. The Morgan fingerprint density at radius 3 is 2.69 bits per heavy atom. The minimum absolute atomic E-state index is 0.198. The molecule has 0 unspecified atom stereocenters. The van der Waals surface area contributed by atoms with Gasteiger partial charge in [-0.3, -0.25) is 4.79 Å². The van der Waals surface area contributed by atoms with Gasteiger partial charge in [-0.25, -0.2) is 0 Å². The van der Waals surface area contributed by atoms with Gasteiger partial charge in [0.25, 0.3) is 0 Å². The molecule has 3 nitrogen and oxygen atoms in total. The van der Waals surface area contributed by atoms with E-state index in [0.29, 0.717) is 11.1 Å². The summed E-state index contributed by atoms with van der Waals surface area (Å²) in [6, 6.07) is 4.77. The summed E-state index contributed by atoms with van der Waals surface area (Å²) < 4.78 is 0. The maximum atomic E-state index is 11.0. The molecule has 0 amide bonds. The molecule has 0 saturated carbocycles. The van der Waals surface area contributed by atoms with E-state index in [4.69, 9.17) is 22.6 Å². The van der Waals surface area contributed by atoms with Crippen molar-refractivity contribution in [2.75, 3.05) is 5.73 Å². The molecule has 13 heavy (non-hydrogen) atoms. The first-order chi connectivity index (χ1) is 6.06. The van der Waals surface area contributed by atoms with Crippen LogP contribution in [0.4, 0.5) is 5.69 Å². The SMILES string of the molecule is CC(=O)c1cc(C#N)cc(Cl)c1N. The largest absolute Gasteiger partial charge is 0.397 e. The lowest BCUT2D eigenvalue weighted by Crippen LogP contribution is -2.01. The van der Waals surface area contributed by atoms with Gasteiger partial charge in [0.2, 0.25) is 0 Å². The zero-order chi connectivity index (χ0) is 10.0. The Kier molecular flexibility index (Phi) is 2.54. The van der Waals surface area contributed by atoms with Crippen molar-refractivity contribution in [3.63, 3.8) is 0 Å². The number of benzene rings is 1. The quantitative estimate of drug-likeness (QED) is 0.549. The molecular formula is C9H7ClN2O. The first-order valence-corrected chi connectivity index (χ1v) is 3.94. The van der Waals surface area contributed by atoms with E-state index in [1.807, 2.05) is 6.07 Å². The molecule has 1 rings (SSSR count). The van der Waals surface area contributed by atoms with Crippen LogP contribution in [0.15, 0.2) is 12.1 Å². The Balaban J connectivity index is 3.44. The minimum atomic E-state index is -0.198. The molecule has 0 aliphatic rings. The number of carbonyl (C=O) groups is 1. The van der Waals surface area contributed by atoms with Gasteiger partial charge in [-0.1, -0.05) is 11.6 Å². The van der Waals surface area contributed by atoms with Gasteiger partial charge < -0.3 is 5.73 Å². The van der Waals surface area contributed by atoms with Crippen LogP contribution in [-0.4, -0.2) is 5.78 Å². The first-order valence-electron chi connectivity index (χ1n) is 3.56. The zero-order valence-corrected chi connectivity index (χ0v) is 7.72. The normalized spacial score (nSPS) is 9.31. The zero-order valence-electron chi connectivity index (χ0n) is 6.97. The second-order valence-electron chi connectivity index (χ2n) is 2.59. The Morgan fingerprint density at radius 2 is 2.23 bits per heavy atom. The average Bonchev–Trinajstić information content (AvgIpc) is 2.09. The number of nitrogens with two attached hydrogens (primary N) is 1. The Bertz CT molecular complexity index is 407. The predicted octanol–water partition coefficient (Wildman–Crippen LogP) is 2.00. The number of rotatable bonds is 1. The highest BCUT2D eigenvalue weighted by molar-refractivity contribution is 6.34. The summed E-state index contributed by atoms with van der Waals surface area (Å²) >= 11 is 5.71. The van der Waals surface area contributed by atoms with Crippen LogP contribution in [-0.2, 0) is 0 Å². The first kappa shape index (κ1) is 9.56. The van der Waals surface area contributed by atoms with Gasteiger partial charge in [0, 0.05) is 5.56 Å². The molecule has 2 N–H and O–H groups in total. The maximum Gasteiger partial charge on any atom is 0.161 e. The molecule has 4 heteroatoms. The van der Waals surface area contributed by atoms with Crippen LogP contribution in [0, 0.1) is 11.3 Å². The van der Waals surface area contributed by atoms with Crippen LogP contribution < -0.4 is 5.73 Å². The maximum absolute atomic E-state index is 11.0. The third-order valence-corrected chi connectivity index (χ3v) is 1.95. The summed E-state index contributed by atoms with van der Waals surface area (Å²) in [5.41, 5.74) is 6.41. The topological polar surface area (TPSA) is 66.9 Å². The predicted molar refractivity (Wildman–Crippen MR) is 50.6 cm³/mol. The molecule has 0 saturated heterocycles. The molecule has 66 valence electrons. The van der Waals surface area contributed by atoms with E-state index in [2.05, 4.69) is 0 Å². The molecule has 0 aliphatic heterocycles. The summed E-state index contributed by atoms with van der Waals surface area (Å²) in [5.74, 6) is -0.198. The minimum Gasteiger partial charge on any atom is -0.397 e. The molecule has 0 radical (unpaired) electrons. The number of halogens is 1. The van der Waals surface area contributed by atoms with Crippen LogP contribution in [0.5, 0.6) is 0 Å². The number of anilines is 1. The number of nitrogens with zero attached hydrogens (tertiary/aromatic N) is 1. The van der Waals surface area contributed by atoms with E-state index in [9.17, 15) is 4.79 Å². The van der Waals surface area contributed by atoms with E-state index >= 15 is 0 Å². The van der Waals surface area contributed by atoms with Gasteiger partial charge in [0.15, 0.2) is 5.78 Å². The number of nitrogen functional groups attached to an aromatic ring is 1. The fourth-order valence-electron chi connectivity index (χ4n) is 0.974. The third kappa shape index (κ3) is 1.79. The molecule has 0 fully saturated rings. The van der Waals surface area contributed by atoms with Crippen LogP contribution in [0.25, 0.3) is 0 Å². The number of Topliss-reactive ketones (excluding diaryl/α,β-unsaturated/α-hetero) is 1. The number of ketones is 1. The van der Waals surface area contributed by atoms with E-state index in [1.165, 1.54) is 19.1 Å². The Morgan fingerprint density at radius 1 is 1.62 bits per heavy atom.